The number of amides is 1. The average Bonchev–Trinajstić information content (AvgIpc) is 3.06. The number of carbonyl (C=O) groups is 2. The lowest BCUT2D eigenvalue weighted by Gasteiger charge is -2.19. The van der Waals surface area contributed by atoms with Crippen LogP contribution in [-0.2, 0) is 9.53 Å². The number of anilines is 1. The van der Waals surface area contributed by atoms with Gasteiger partial charge in [0.05, 0.1) is 26.4 Å². The molecular weight excluding hydrogens is 380 g/mol. The van der Waals surface area contributed by atoms with E-state index in [1.165, 1.54) is 11.3 Å². The van der Waals surface area contributed by atoms with Crippen LogP contribution < -0.4 is 5.32 Å². The van der Waals surface area contributed by atoms with E-state index in [1.54, 1.807) is 11.8 Å². The standard InChI is InChI=1S/C20H26N2O5S/c1-3-27-20(26)18-16(15-6-4-14(2)5-7-15)13-28-19(18)21-17(25)12-22(8-10-23)9-11-24/h4-7,13,23-24H,3,8-12H2,1-2H3,(H,21,25). The Morgan fingerprint density at radius 3 is 2.36 bits per heavy atom. The van der Waals surface area contributed by atoms with Gasteiger partial charge in [-0.1, -0.05) is 29.8 Å². The first kappa shape index (κ1) is 22.0. The summed E-state index contributed by atoms with van der Waals surface area (Å²) >= 11 is 1.26. The van der Waals surface area contributed by atoms with E-state index in [1.807, 2.05) is 36.6 Å². The molecule has 2 rings (SSSR count). The van der Waals surface area contributed by atoms with Crippen LogP contribution in [-0.4, -0.2) is 66.4 Å². The van der Waals surface area contributed by atoms with E-state index in [9.17, 15) is 9.59 Å². The van der Waals surface area contributed by atoms with E-state index in [0.29, 0.717) is 16.1 Å². The fraction of sp³-hybridized carbons (Fsp3) is 0.400. The maximum atomic E-state index is 12.6. The second-order valence-electron chi connectivity index (χ2n) is 6.21. The number of carbonyl (C=O) groups excluding carboxylic acids is 2. The molecule has 3 N–H and O–H groups in total. The average molecular weight is 407 g/mol. The molecule has 1 amide bonds. The van der Waals surface area contributed by atoms with Crippen molar-refractivity contribution < 1.29 is 24.5 Å². The summed E-state index contributed by atoms with van der Waals surface area (Å²) in [7, 11) is 0. The Hall–Kier alpha value is -2.26. The molecule has 1 aromatic heterocycles. The number of aliphatic hydroxyl groups is 2. The van der Waals surface area contributed by atoms with Crippen LogP contribution >= 0.6 is 11.3 Å². The summed E-state index contributed by atoms with van der Waals surface area (Å²) in [6.07, 6.45) is 0. The molecule has 0 aliphatic carbocycles. The highest BCUT2D eigenvalue weighted by Crippen LogP contribution is 2.36. The van der Waals surface area contributed by atoms with Gasteiger partial charge in [0.2, 0.25) is 5.91 Å². The van der Waals surface area contributed by atoms with Crippen molar-refractivity contribution in [3.8, 4) is 11.1 Å². The Morgan fingerprint density at radius 1 is 1.14 bits per heavy atom. The molecule has 0 saturated heterocycles. The van der Waals surface area contributed by atoms with Crippen LogP contribution in [0.15, 0.2) is 29.6 Å². The number of nitrogens with one attached hydrogen (secondary N) is 1. The fourth-order valence-electron chi connectivity index (χ4n) is 2.72. The second-order valence-corrected chi connectivity index (χ2v) is 7.09. The molecule has 152 valence electrons. The fourth-order valence-corrected chi connectivity index (χ4v) is 3.70. The third-order valence-electron chi connectivity index (χ3n) is 4.09. The van der Waals surface area contributed by atoms with Gasteiger partial charge in [-0.3, -0.25) is 9.69 Å². The summed E-state index contributed by atoms with van der Waals surface area (Å²) in [6, 6.07) is 7.77. The molecule has 28 heavy (non-hydrogen) atoms. The maximum absolute atomic E-state index is 12.6. The highest BCUT2D eigenvalue weighted by Gasteiger charge is 2.23. The minimum absolute atomic E-state index is 0.00114. The predicted molar refractivity (Wildman–Crippen MR) is 110 cm³/mol. The lowest BCUT2D eigenvalue weighted by Crippen LogP contribution is -2.37. The second kappa shape index (κ2) is 10.9. The van der Waals surface area contributed by atoms with Crippen molar-refractivity contribution in [1.29, 1.82) is 0 Å². The minimum atomic E-state index is -0.489. The third-order valence-corrected chi connectivity index (χ3v) is 4.98. The van der Waals surface area contributed by atoms with Gasteiger partial charge in [-0.2, -0.15) is 0 Å². The molecule has 2 aromatic rings. The largest absolute Gasteiger partial charge is 0.462 e. The number of thiophene rings is 1. The number of hydrogen-bond acceptors (Lipinski definition) is 7. The smallest absolute Gasteiger partial charge is 0.341 e. The number of esters is 1. The van der Waals surface area contributed by atoms with Crippen molar-refractivity contribution in [2.45, 2.75) is 13.8 Å². The predicted octanol–water partition coefficient (Wildman–Crippen LogP) is 2.13. The van der Waals surface area contributed by atoms with Crippen LogP contribution in [0, 0.1) is 6.92 Å². The Labute approximate surface area is 168 Å². The van der Waals surface area contributed by atoms with Crippen LogP contribution in [0.5, 0.6) is 0 Å². The molecular formula is C20H26N2O5S. The van der Waals surface area contributed by atoms with Gasteiger partial charge < -0.3 is 20.3 Å². The van der Waals surface area contributed by atoms with Crippen molar-refractivity contribution in [3.63, 3.8) is 0 Å². The highest BCUT2D eigenvalue weighted by atomic mass is 32.1. The highest BCUT2D eigenvalue weighted by molar-refractivity contribution is 7.15. The van der Waals surface area contributed by atoms with Crippen molar-refractivity contribution >= 4 is 28.2 Å². The first-order valence-corrected chi connectivity index (χ1v) is 9.97. The van der Waals surface area contributed by atoms with Crippen LogP contribution in [0.3, 0.4) is 0 Å². The van der Waals surface area contributed by atoms with Crippen LogP contribution in [0.25, 0.3) is 11.1 Å². The lowest BCUT2D eigenvalue weighted by atomic mass is 10.0. The molecule has 1 aromatic carbocycles. The zero-order chi connectivity index (χ0) is 20.5. The monoisotopic (exact) mass is 406 g/mol. The number of hydrogen-bond donors (Lipinski definition) is 3. The molecule has 7 nitrogen and oxygen atoms in total. The molecule has 8 heteroatoms. The summed E-state index contributed by atoms with van der Waals surface area (Å²) in [6.45, 7) is 4.28. The Kier molecular flexibility index (Phi) is 8.59. The van der Waals surface area contributed by atoms with Crippen molar-refractivity contribution in [2.75, 3.05) is 44.8 Å². The van der Waals surface area contributed by atoms with Crippen molar-refractivity contribution in [3.05, 3.63) is 40.8 Å². The topological polar surface area (TPSA) is 99.1 Å². The Balaban J connectivity index is 2.27. The number of ether oxygens (including phenoxy) is 1. The number of benzene rings is 1. The number of aryl methyl sites for hydroxylation is 1. The zero-order valence-corrected chi connectivity index (χ0v) is 16.9. The first-order valence-electron chi connectivity index (χ1n) is 9.09. The van der Waals surface area contributed by atoms with E-state index in [-0.39, 0.29) is 45.4 Å². The minimum Gasteiger partial charge on any atom is -0.462 e. The van der Waals surface area contributed by atoms with E-state index >= 15 is 0 Å². The lowest BCUT2D eigenvalue weighted by molar-refractivity contribution is -0.117. The summed E-state index contributed by atoms with van der Waals surface area (Å²) in [5, 5.41) is 23.2. The van der Waals surface area contributed by atoms with Gasteiger partial charge >= 0.3 is 5.97 Å². The molecule has 0 bridgehead atoms. The number of rotatable bonds is 10. The van der Waals surface area contributed by atoms with Gasteiger partial charge in [0, 0.05) is 24.0 Å². The summed E-state index contributed by atoms with van der Waals surface area (Å²) in [5.74, 6) is -0.818. The van der Waals surface area contributed by atoms with Crippen molar-refractivity contribution in [2.24, 2.45) is 0 Å². The summed E-state index contributed by atoms with van der Waals surface area (Å²) < 4.78 is 5.19. The molecule has 0 atom stereocenters. The van der Waals surface area contributed by atoms with Gasteiger partial charge in [-0.25, -0.2) is 4.79 Å². The van der Waals surface area contributed by atoms with Crippen LogP contribution in [0.4, 0.5) is 5.00 Å². The number of aliphatic hydroxyl groups excluding tert-OH is 2. The zero-order valence-electron chi connectivity index (χ0n) is 16.1. The van der Waals surface area contributed by atoms with Gasteiger partial charge in [0.1, 0.15) is 10.6 Å². The normalized spacial score (nSPS) is 10.9. The molecule has 0 spiro atoms. The number of nitrogens with zero attached hydrogens (tertiary/aromatic N) is 1. The van der Waals surface area contributed by atoms with E-state index < -0.39 is 5.97 Å². The molecule has 0 aliphatic heterocycles. The van der Waals surface area contributed by atoms with Crippen LogP contribution in [0.1, 0.15) is 22.8 Å². The Bertz CT molecular complexity index is 782. The molecule has 1 heterocycles. The van der Waals surface area contributed by atoms with E-state index in [0.717, 1.165) is 11.1 Å². The molecule has 0 radical (unpaired) electrons. The molecule has 0 aliphatic rings. The molecule has 0 fully saturated rings. The van der Waals surface area contributed by atoms with Crippen LogP contribution in [0.2, 0.25) is 0 Å². The van der Waals surface area contributed by atoms with Gasteiger partial charge in [0.15, 0.2) is 0 Å². The van der Waals surface area contributed by atoms with E-state index in [2.05, 4.69) is 5.32 Å². The first-order chi connectivity index (χ1) is 13.5. The summed E-state index contributed by atoms with van der Waals surface area (Å²) in [4.78, 5) is 26.6. The molecule has 0 unspecified atom stereocenters. The SMILES string of the molecule is CCOC(=O)c1c(-c2ccc(C)cc2)csc1NC(=O)CN(CCO)CCO. The van der Waals surface area contributed by atoms with Gasteiger partial charge in [-0.15, -0.1) is 11.3 Å². The maximum Gasteiger partial charge on any atom is 0.341 e. The molecule has 0 saturated carbocycles. The third kappa shape index (κ3) is 5.87. The van der Waals surface area contributed by atoms with E-state index in [4.69, 9.17) is 14.9 Å². The van der Waals surface area contributed by atoms with Gasteiger partial charge in [0.25, 0.3) is 0 Å². The quantitative estimate of drug-likeness (QED) is 0.523. The summed E-state index contributed by atoms with van der Waals surface area (Å²) in [5.41, 5.74) is 3.02. The van der Waals surface area contributed by atoms with Gasteiger partial charge in [-0.05, 0) is 19.4 Å². The Morgan fingerprint density at radius 2 is 1.79 bits per heavy atom. The van der Waals surface area contributed by atoms with Crippen molar-refractivity contribution in [1.82, 2.24) is 4.90 Å².